The number of carbonyl (C=O) groups is 1. The fraction of sp³-hybridized carbons (Fsp3) is 0.100. The molecular weight excluding hydrogens is 412 g/mol. The number of aromatic amines is 1. The molecule has 0 spiro atoms. The van der Waals surface area contributed by atoms with E-state index in [0.29, 0.717) is 26.9 Å². The zero-order valence-corrected chi connectivity index (χ0v) is 16.6. The summed E-state index contributed by atoms with van der Waals surface area (Å²) >= 11 is 7.14. The molecule has 2 aromatic heterocycles. The van der Waals surface area contributed by atoms with Gasteiger partial charge in [-0.25, -0.2) is 9.67 Å². The minimum atomic E-state index is -0.398. The Morgan fingerprint density at radius 3 is 2.79 bits per heavy atom. The number of fused-ring (bicyclic) bond motifs is 1. The first-order valence-electron chi connectivity index (χ1n) is 8.66. The van der Waals surface area contributed by atoms with Crippen molar-refractivity contribution in [3.63, 3.8) is 0 Å². The fourth-order valence-corrected chi connectivity index (χ4v) is 3.51. The summed E-state index contributed by atoms with van der Waals surface area (Å²) in [5.74, 6) is -0.378. The zero-order chi connectivity index (χ0) is 20.2. The quantitative estimate of drug-likeness (QED) is 0.288. The molecule has 0 fully saturated rings. The molecule has 2 heterocycles. The molecule has 146 valence electrons. The summed E-state index contributed by atoms with van der Waals surface area (Å²) in [6.45, 7) is 0.199. The first kappa shape index (κ1) is 19.2. The number of nitrogens with zero attached hydrogens (tertiary/aromatic N) is 3. The number of rotatable bonds is 6. The molecule has 0 amide bonds. The van der Waals surface area contributed by atoms with E-state index in [-0.39, 0.29) is 17.9 Å². The van der Waals surface area contributed by atoms with Crippen molar-refractivity contribution in [3.8, 4) is 5.69 Å². The number of aromatic nitrogens is 4. The van der Waals surface area contributed by atoms with E-state index in [1.54, 1.807) is 18.2 Å². The van der Waals surface area contributed by atoms with Crippen molar-refractivity contribution in [1.82, 2.24) is 19.7 Å². The fourth-order valence-electron chi connectivity index (χ4n) is 2.67. The van der Waals surface area contributed by atoms with Crippen molar-refractivity contribution < 1.29 is 9.53 Å². The number of ether oxygens (including phenoxy) is 1. The molecule has 0 aliphatic heterocycles. The summed E-state index contributed by atoms with van der Waals surface area (Å²) < 4.78 is 6.78. The maximum atomic E-state index is 12.4. The molecule has 0 atom stereocenters. The SMILES string of the molecule is O=C(CSc1nc2c(cnn2-c2cccc(Cl)c2)c(=O)[nH]1)OCc1ccccc1. The summed E-state index contributed by atoms with van der Waals surface area (Å²) in [4.78, 5) is 31.5. The van der Waals surface area contributed by atoms with Gasteiger partial charge in [-0.15, -0.1) is 0 Å². The van der Waals surface area contributed by atoms with Crippen LogP contribution in [0.25, 0.3) is 16.7 Å². The normalized spacial score (nSPS) is 10.9. The summed E-state index contributed by atoms with van der Waals surface area (Å²) in [6, 6.07) is 16.5. The van der Waals surface area contributed by atoms with Crippen LogP contribution < -0.4 is 5.56 Å². The molecule has 0 saturated carbocycles. The molecular formula is C20H15ClN4O3S. The van der Waals surface area contributed by atoms with Crippen LogP contribution in [0.15, 0.2) is 70.7 Å². The molecule has 0 radical (unpaired) electrons. The average Bonchev–Trinajstić information content (AvgIpc) is 3.16. The Morgan fingerprint density at radius 1 is 1.17 bits per heavy atom. The highest BCUT2D eigenvalue weighted by Crippen LogP contribution is 2.20. The van der Waals surface area contributed by atoms with E-state index in [0.717, 1.165) is 17.3 Å². The molecule has 4 aromatic rings. The number of hydrogen-bond donors (Lipinski definition) is 1. The molecule has 0 unspecified atom stereocenters. The zero-order valence-electron chi connectivity index (χ0n) is 15.0. The van der Waals surface area contributed by atoms with Gasteiger partial charge in [0.25, 0.3) is 5.56 Å². The lowest BCUT2D eigenvalue weighted by atomic mass is 10.2. The lowest BCUT2D eigenvalue weighted by molar-refractivity contribution is -0.141. The number of thioether (sulfide) groups is 1. The highest BCUT2D eigenvalue weighted by atomic mass is 35.5. The molecule has 4 rings (SSSR count). The Labute approximate surface area is 174 Å². The van der Waals surface area contributed by atoms with Crippen molar-refractivity contribution in [2.75, 3.05) is 5.75 Å². The van der Waals surface area contributed by atoms with Crippen LogP contribution in [0, 0.1) is 0 Å². The lowest BCUT2D eigenvalue weighted by Crippen LogP contribution is -2.12. The number of halogens is 1. The van der Waals surface area contributed by atoms with Gasteiger partial charge in [-0.3, -0.25) is 9.59 Å². The predicted molar refractivity (Wildman–Crippen MR) is 111 cm³/mol. The van der Waals surface area contributed by atoms with Crippen LogP contribution in [0.5, 0.6) is 0 Å². The number of hydrogen-bond acceptors (Lipinski definition) is 6. The van der Waals surface area contributed by atoms with Crippen LogP contribution in [0.4, 0.5) is 0 Å². The summed E-state index contributed by atoms with van der Waals surface area (Å²) in [6.07, 6.45) is 1.45. The highest BCUT2D eigenvalue weighted by molar-refractivity contribution is 7.99. The third-order valence-electron chi connectivity index (χ3n) is 4.04. The molecule has 0 saturated heterocycles. The molecule has 0 aliphatic carbocycles. The van der Waals surface area contributed by atoms with E-state index in [9.17, 15) is 9.59 Å². The molecule has 9 heteroatoms. The monoisotopic (exact) mass is 426 g/mol. The van der Waals surface area contributed by atoms with E-state index in [1.807, 2.05) is 36.4 Å². The van der Waals surface area contributed by atoms with Gasteiger partial charge < -0.3 is 9.72 Å². The maximum absolute atomic E-state index is 12.4. The number of benzene rings is 2. The van der Waals surface area contributed by atoms with Gasteiger partial charge in [0.1, 0.15) is 12.0 Å². The van der Waals surface area contributed by atoms with Crippen LogP contribution >= 0.6 is 23.4 Å². The van der Waals surface area contributed by atoms with Crippen LogP contribution in [0.3, 0.4) is 0 Å². The van der Waals surface area contributed by atoms with Gasteiger partial charge in [-0.2, -0.15) is 5.10 Å². The molecule has 1 N–H and O–H groups in total. The summed E-state index contributed by atoms with van der Waals surface area (Å²) in [7, 11) is 0. The number of nitrogens with one attached hydrogen (secondary N) is 1. The molecule has 2 aromatic carbocycles. The van der Waals surface area contributed by atoms with Crippen molar-refractivity contribution >= 4 is 40.4 Å². The van der Waals surface area contributed by atoms with Crippen LogP contribution in [-0.2, 0) is 16.1 Å². The van der Waals surface area contributed by atoms with Gasteiger partial charge in [0.2, 0.25) is 0 Å². The third kappa shape index (κ3) is 4.49. The van der Waals surface area contributed by atoms with Crippen LogP contribution in [0.2, 0.25) is 5.02 Å². The van der Waals surface area contributed by atoms with Crippen molar-refractivity contribution in [1.29, 1.82) is 0 Å². The first-order chi connectivity index (χ1) is 14.1. The number of carbonyl (C=O) groups excluding carboxylic acids is 1. The van der Waals surface area contributed by atoms with Gasteiger partial charge in [0.05, 0.1) is 17.6 Å². The van der Waals surface area contributed by atoms with E-state index >= 15 is 0 Å². The summed E-state index contributed by atoms with van der Waals surface area (Å²) in [5, 5.41) is 5.45. The topological polar surface area (TPSA) is 89.9 Å². The predicted octanol–water partition coefficient (Wildman–Crippen LogP) is 3.60. The Bertz CT molecular complexity index is 1220. The van der Waals surface area contributed by atoms with Crippen LogP contribution in [-0.4, -0.2) is 31.5 Å². The Hall–Kier alpha value is -3.10. The van der Waals surface area contributed by atoms with Gasteiger partial charge >= 0.3 is 5.97 Å². The van der Waals surface area contributed by atoms with Gasteiger partial charge in [-0.05, 0) is 23.8 Å². The second kappa shape index (κ2) is 8.50. The smallest absolute Gasteiger partial charge is 0.316 e. The van der Waals surface area contributed by atoms with E-state index < -0.39 is 5.97 Å². The largest absolute Gasteiger partial charge is 0.460 e. The Kier molecular flexibility index (Phi) is 5.64. The molecule has 7 nitrogen and oxygen atoms in total. The highest BCUT2D eigenvalue weighted by Gasteiger charge is 2.13. The second-order valence-electron chi connectivity index (χ2n) is 6.08. The third-order valence-corrected chi connectivity index (χ3v) is 5.12. The van der Waals surface area contributed by atoms with Crippen molar-refractivity contribution in [2.24, 2.45) is 0 Å². The molecule has 0 aliphatic rings. The number of H-pyrrole nitrogens is 1. The Balaban J connectivity index is 1.50. The molecule has 29 heavy (non-hydrogen) atoms. The average molecular weight is 427 g/mol. The standard InChI is InChI=1S/C20H15ClN4O3S/c21-14-7-4-8-15(9-14)25-18-16(10-22-25)19(27)24-20(23-18)29-12-17(26)28-11-13-5-2-1-3-6-13/h1-10H,11-12H2,(H,23,24,27). The lowest BCUT2D eigenvalue weighted by Gasteiger charge is -2.06. The van der Waals surface area contributed by atoms with E-state index in [1.165, 1.54) is 10.9 Å². The van der Waals surface area contributed by atoms with Crippen LogP contribution in [0.1, 0.15) is 5.56 Å². The van der Waals surface area contributed by atoms with Gasteiger partial charge in [0, 0.05) is 5.02 Å². The van der Waals surface area contributed by atoms with Gasteiger partial charge in [0.15, 0.2) is 10.8 Å². The molecule has 0 bridgehead atoms. The summed E-state index contributed by atoms with van der Waals surface area (Å²) in [5.41, 5.74) is 1.65. The minimum Gasteiger partial charge on any atom is -0.460 e. The van der Waals surface area contributed by atoms with E-state index in [4.69, 9.17) is 16.3 Å². The van der Waals surface area contributed by atoms with Crippen molar-refractivity contribution in [2.45, 2.75) is 11.8 Å². The first-order valence-corrected chi connectivity index (χ1v) is 10.0. The van der Waals surface area contributed by atoms with Gasteiger partial charge in [-0.1, -0.05) is 59.8 Å². The van der Waals surface area contributed by atoms with Crippen molar-refractivity contribution in [3.05, 3.63) is 81.7 Å². The number of esters is 1. The minimum absolute atomic E-state index is 0.0204. The maximum Gasteiger partial charge on any atom is 0.316 e. The van der Waals surface area contributed by atoms with E-state index in [2.05, 4.69) is 15.1 Å². The second-order valence-corrected chi connectivity index (χ2v) is 7.48. The Morgan fingerprint density at radius 2 is 2.00 bits per heavy atom.